The number of rotatable bonds is 5. The number of alkyl halides is 1. The molecule has 0 amide bonds. The second kappa shape index (κ2) is 6.19. The molecule has 1 heterocycles. The molecule has 0 aromatic carbocycles. The van der Waals surface area contributed by atoms with E-state index in [0.29, 0.717) is 12.4 Å². The third kappa shape index (κ3) is 3.58. The summed E-state index contributed by atoms with van der Waals surface area (Å²) >= 11 is 5.63. The molecule has 0 aliphatic carbocycles. The Balaban J connectivity index is 2.72. The molecule has 1 rings (SSSR count). The van der Waals surface area contributed by atoms with Gasteiger partial charge in [-0.1, -0.05) is 13.3 Å². The third-order valence-electron chi connectivity index (χ3n) is 2.90. The van der Waals surface area contributed by atoms with E-state index in [2.05, 4.69) is 0 Å². The van der Waals surface area contributed by atoms with E-state index in [1.54, 1.807) is 0 Å². The third-order valence-corrected chi connectivity index (χ3v) is 5.61. The van der Waals surface area contributed by atoms with Crippen molar-refractivity contribution in [1.29, 1.82) is 0 Å². The van der Waals surface area contributed by atoms with Crippen LogP contribution in [0, 0.1) is 5.92 Å². The average molecular weight is 270 g/mol. The smallest absolute Gasteiger partial charge is 0.214 e. The summed E-state index contributed by atoms with van der Waals surface area (Å²) in [7, 11) is -3.27. The highest BCUT2D eigenvalue weighted by Gasteiger charge is 2.32. The Labute approximate surface area is 103 Å². The molecule has 1 aliphatic heterocycles. The molecule has 96 valence electrons. The zero-order valence-corrected chi connectivity index (χ0v) is 11.2. The summed E-state index contributed by atoms with van der Waals surface area (Å²) in [5, 5.41) is 9.18. The van der Waals surface area contributed by atoms with Crippen molar-refractivity contribution in [3.63, 3.8) is 0 Å². The highest BCUT2D eigenvalue weighted by molar-refractivity contribution is 7.89. The first-order valence-electron chi connectivity index (χ1n) is 5.67. The molecular formula is C10H20ClNO3S. The molecular weight excluding hydrogens is 250 g/mol. The van der Waals surface area contributed by atoms with Crippen LogP contribution in [0.25, 0.3) is 0 Å². The van der Waals surface area contributed by atoms with Gasteiger partial charge in [0.25, 0.3) is 0 Å². The van der Waals surface area contributed by atoms with Crippen molar-refractivity contribution in [2.45, 2.75) is 32.2 Å². The van der Waals surface area contributed by atoms with E-state index in [1.165, 1.54) is 4.31 Å². The van der Waals surface area contributed by atoms with Crippen molar-refractivity contribution in [3.8, 4) is 0 Å². The first-order chi connectivity index (χ1) is 7.51. The minimum absolute atomic E-state index is 0.0482. The van der Waals surface area contributed by atoms with Crippen LogP contribution in [0.3, 0.4) is 0 Å². The van der Waals surface area contributed by atoms with Gasteiger partial charge in [0.2, 0.25) is 10.0 Å². The van der Waals surface area contributed by atoms with E-state index >= 15 is 0 Å². The molecule has 16 heavy (non-hydrogen) atoms. The first kappa shape index (κ1) is 14.2. The number of hydrogen-bond donors (Lipinski definition) is 1. The maximum Gasteiger partial charge on any atom is 0.214 e. The molecule has 0 bridgehead atoms. The highest BCUT2D eigenvalue weighted by atomic mass is 35.5. The Morgan fingerprint density at radius 2 is 2.19 bits per heavy atom. The summed E-state index contributed by atoms with van der Waals surface area (Å²) in [6, 6.07) is -0.235. The van der Waals surface area contributed by atoms with E-state index in [4.69, 9.17) is 11.6 Å². The van der Waals surface area contributed by atoms with Gasteiger partial charge in [-0.3, -0.25) is 0 Å². The topological polar surface area (TPSA) is 57.6 Å². The van der Waals surface area contributed by atoms with Crippen molar-refractivity contribution in [1.82, 2.24) is 4.31 Å². The Kier molecular flexibility index (Phi) is 5.50. The average Bonchev–Trinajstić information content (AvgIpc) is 2.28. The van der Waals surface area contributed by atoms with Gasteiger partial charge in [0.05, 0.1) is 12.4 Å². The highest BCUT2D eigenvalue weighted by Crippen LogP contribution is 2.21. The molecule has 4 nitrogen and oxygen atoms in total. The van der Waals surface area contributed by atoms with Crippen molar-refractivity contribution < 1.29 is 13.5 Å². The van der Waals surface area contributed by atoms with Gasteiger partial charge in [-0.2, -0.15) is 4.31 Å². The van der Waals surface area contributed by atoms with E-state index in [0.717, 1.165) is 19.3 Å². The largest absolute Gasteiger partial charge is 0.395 e. The predicted molar refractivity (Wildman–Crippen MR) is 65.1 cm³/mol. The number of nitrogens with zero attached hydrogens (tertiary/aromatic N) is 1. The number of hydrogen-bond acceptors (Lipinski definition) is 3. The molecule has 1 N–H and O–H groups in total. The minimum Gasteiger partial charge on any atom is -0.395 e. The zero-order valence-electron chi connectivity index (χ0n) is 9.60. The molecule has 6 heteroatoms. The lowest BCUT2D eigenvalue weighted by Crippen LogP contribution is -2.47. The predicted octanol–water partition coefficient (Wildman–Crippen LogP) is 1.04. The fourth-order valence-electron chi connectivity index (χ4n) is 2.02. The van der Waals surface area contributed by atoms with Crippen LogP contribution in [0.1, 0.15) is 26.2 Å². The van der Waals surface area contributed by atoms with Crippen molar-refractivity contribution in [3.05, 3.63) is 0 Å². The zero-order chi connectivity index (χ0) is 12.2. The van der Waals surface area contributed by atoms with Crippen LogP contribution in [0.15, 0.2) is 0 Å². The standard InChI is InChI=1S/C10H20ClNO3S/c1-9(6-11)8-16(14,15)12-5-3-2-4-10(12)7-13/h9-10,13H,2-8H2,1H3. The van der Waals surface area contributed by atoms with Gasteiger partial charge in [0.15, 0.2) is 0 Å². The normalized spacial score (nSPS) is 25.6. The lowest BCUT2D eigenvalue weighted by molar-refractivity contribution is 0.155. The maximum absolute atomic E-state index is 12.1. The van der Waals surface area contributed by atoms with Gasteiger partial charge in [0.1, 0.15) is 0 Å². The quantitative estimate of drug-likeness (QED) is 0.759. The summed E-state index contributed by atoms with van der Waals surface area (Å²) in [6.45, 7) is 2.26. The Bertz CT molecular complexity index is 307. The monoisotopic (exact) mass is 269 g/mol. The van der Waals surface area contributed by atoms with E-state index in [-0.39, 0.29) is 24.3 Å². The molecule has 0 saturated carbocycles. The Morgan fingerprint density at radius 3 is 2.75 bits per heavy atom. The molecule has 2 atom stereocenters. The summed E-state index contributed by atoms with van der Waals surface area (Å²) in [5.41, 5.74) is 0. The minimum atomic E-state index is -3.27. The number of aliphatic hydroxyl groups is 1. The van der Waals surface area contributed by atoms with Crippen molar-refractivity contribution >= 4 is 21.6 Å². The van der Waals surface area contributed by atoms with Gasteiger partial charge < -0.3 is 5.11 Å². The molecule has 1 fully saturated rings. The molecule has 1 aliphatic rings. The number of aliphatic hydroxyl groups excluding tert-OH is 1. The molecule has 0 aromatic rings. The number of halogens is 1. The Hall–Kier alpha value is 0.160. The lowest BCUT2D eigenvalue weighted by Gasteiger charge is -2.34. The van der Waals surface area contributed by atoms with Gasteiger partial charge in [-0.15, -0.1) is 11.6 Å². The second-order valence-electron chi connectivity index (χ2n) is 4.48. The molecule has 2 unspecified atom stereocenters. The number of piperidine rings is 1. The summed E-state index contributed by atoms with van der Waals surface area (Å²) < 4.78 is 25.6. The molecule has 1 saturated heterocycles. The molecule has 0 aromatic heterocycles. The maximum atomic E-state index is 12.1. The van der Waals surface area contributed by atoms with E-state index in [9.17, 15) is 13.5 Å². The van der Waals surface area contributed by atoms with Crippen LogP contribution >= 0.6 is 11.6 Å². The van der Waals surface area contributed by atoms with Crippen molar-refractivity contribution in [2.75, 3.05) is 24.8 Å². The second-order valence-corrected chi connectivity index (χ2v) is 6.76. The Morgan fingerprint density at radius 1 is 1.50 bits per heavy atom. The van der Waals surface area contributed by atoms with Crippen LogP contribution in [0.5, 0.6) is 0 Å². The van der Waals surface area contributed by atoms with Crippen LogP contribution in [-0.4, -0.2) is 48.7 Å². The molecule has 0 spiro atoms. The van der Waals surface area contributed by atoms with Crippen LogP contribution in [0.2, 0.25) is 0 Å². The van der Waals surface area contributed by atoms with Crippen LogP contribution in [0.4, 0.5) is 0 Å². The SMILES string of the molecule is CC(CCl)CS(=O)(=O)N1CCCCC1CO. The van der Waals surface area contributed by atoms with Gasteiger partial charge in [0, 0.05) is 18.5 Å². The summed E-state index contributed by atoms with van der Waals surface area (Å²) in [4.78, 5) is 0. The van der Waals surface area contributed by atoms with Gasteiger partial charge in [-0.25, -0.2) is 8.42 Å². The van der Waals surface area contributed by atoms with Crippen LogP contribution in [-0.2, 0) is 10.0 Å². The van der Waals surface area contributed by atoms with E-state index in [1.807, 2.05) is 6.92 Å². The van der Waals surface area contributed by atoms with E-state index < -0.39 is 10.0 Å². The van der Waals surface area contributed by atoms with Gasteiger partial charge in [-0.05, 0) is 18.8 Å². The first-order valence-corrected chi connectivity index (χ1v) is 7.82. The lowest BCUT2D eigenvalue weighted by atomic mass is 10.1. The fraction of sp³-hybridized carbons (Fsp3) is 1.00. The summed E-state index contributed by atoms with van der Waals surface area (Å²) in [6.07, 6.45) is 2.62. The van der Waals surface area contributed by atoms with Gasteiger partial charge >= 0.3 is 0 Å². The molecule has 0 radical (unpaired) electrons. The summed E-state index contributed by atoms with van der Waals surface area (Å²) in [5.74, 6) is 0.372. The fourth-order valence-corrected chi connectivity index (χ4v) is 4.32. The van der Waals surface area contributed by atoms with Crippen molar-refractivity contribution in [2.24, 2.45) is 5.92 Å². The number of sulfonamides is 1. The van der Waals surface area contributed by atoms with Crippen LogP contribution < -0.4 is 0 Å².